The van der Waals surface area contributed by atoms with Crippen LogP contribution in [0.4, 0.5) is 0 Å². The molecule has 19 nitrogen and oxygen atoms in total. The number of hydrogen-bond donors (Lipinski definition) is 12. The molecular weight excluding hydrogens is 1260 g/mol. The Kier molecular flexibility index (Phi) is 54.2. The molecule has 0 aromatic rings. The molecule has 0 aliphatic carbocycles. The molecule has 12 N–H and O–H groups in total. The van der Waals surface area contributed by atoms with Gasteiger partial charge < -0.3 is 89.9 Å². The minimum absolute atomic E-state index is 0.229. The van der Waals surface area contributed by atoms with Crippen LogP contribution in [0.25, 0.3) is 0 Å². The summed E-state index contributed by atoms with van der Waals surface area (Å²) in [5, 5.41) is 121. The van der Waals surface area contributed by atoms with Gasteiger partial charge in [-0.15, -0.1) is 0 Å². The van der Waals surface area contributed by atoms with Crippen molar-refractivity contribution in [1.82, 2.24) is 5.32 Å². The summed E-state index contributed by atoms with van der Waals surface area (Å²) in [6, 6.07) is -1.00. The van der Waals surface area contributed by atoms with Gasteiger partial charge in [-0.3, -0.25) is 4.79 Å². The number of ether oxygens (including phenoxy) is 6. The van der Waals surface area contributed by atoms with Gasteiger partial charge in [0.05, 0.1) is 38.6 Å². The first kappa shape index (κ1) is 89.7. The molecule has 0 aromatic carbocycles. The maximum Gasteiger partial charge on any atom is 0.220 e. The van der Waals surface area contributed by atoms with Gasteiger partial charge in [-0.2, -0.15) is 0 Å². The predicted molar refractivity (Wildman–Crippen MR) is 392 cm³/mol. The molecule has 570 valence electrons. The molecule has 0 radical (unpaired) electrons. The fourth-order valence-electron chi connectivity index (χ4n) is 12.3. The average Bonchev–Trinajstić information content (AvgIpc) is 0.784. The minimum Gasteiger partial charge on any atom is -0.394 e. The van der Waals surface area contributed by atoms with Crippen LogP contribution >= 0.6 is 0 Å². The van der Waals surface area contributed by atoms with Crippen LogP contribution < -0.4 is 5.32 Å². The summed E-state index contributed by atoms with van der Waals surface area (Å²) in [6.07, 6.45) is 55.2. The molecule has 0 bridgehead atoms. The first-order valence-electron chi connectivity index (χ1n) is 38.6. The van der Waals surface area contributed by atoms with Crippen LogP contribution in [0.5, 0.6) is 0 Å². The highest BCUT2D eigenvalue weighted by Crippen LogP contribution is 2.33. The lowest BCUT2D eigenvalue weighted by Gasteiger charge is -2.48. The van der Waals surface area contributed by atoms with E-state index in [1.54, 1.807) is 6.08 Å². The van der Waals surface area contributed by atoms with Crippen LogP contribution in [0.3, 0.4) is 0 Å². The Morgan fingerprint density at radius 2 is 0.707 bits per heavy atom. The molecule has 19 heteroatoms. The minimum atomic E-state index is -1.99. The highest BCUT2D eigenvalue weighted by Gasteiger charge is 2.53. The van der Waals surface area contributed by atoms with Crippen molar-refractivity contribution in [3.63, 3.8) is 0 Å². The van der Waals surface area contributed by atoms with Crippen LogP contribution in [0, 0.1) is 0 Å². The number of carbonyl (C=O) groups excluding carboxylic acids is 1. The van der Waals surface area contributed by atoms with E-state index >= 15 is 0 Å². The number of unbranched alkanes of at least 4 members (excludes halogenated alkanes) is 27. The second-order valence-electron chi connectivity index (χ2n) is 27.1. The molecule has 0 aromatic heterocycles. The second-order valence-corrected chi connectivity index (χ2v) is 27.1. The second kappa shape index (κ2) is 59.8. The summed E-state index contributed by atoms with van der Waals surface area (Å²) in [5.74, 6) is -0.290. The zero-order valence-corrected chi connectivity index (χ0v) is 60.7. The number of allylic oxidation sites excluding steroid dienone is 17. The van der Waals surface area contributed by atoms with Gasteiger partial charge in [-0.05, 0) is 96.3 Å². The third-order valence-corrected chi connectivity index (χ3v) is 18.5. The Morgan fingerprint density at radius 3 is 1.13 bits per heavy atom. The SMILES string of the molecule is CC/C=C\C/C=C\C/C=C\C/C=C\C/C=C\C/C=C\CCCCCCCCCCCCCCCCCCCCCCC(=O)NC(COC1OC(CO)C(OC2OC(CO)C(OC3OC(CO)C(O)C(O)C3O)C(O)C2O)C(O)C1O)C(O)/C=C/CC/C=C/CC/C=C/CCCCCCC. The van der Waals surface area contributed by atoms with E-state index in [1.807, 2.05) is 6.08 Å². The number of aliphatic hydroxyl groups is 11. The van der Waals surface area contributed by atoms with Gasteiger partial charge in [-0.1, -0.05) is 264 Å². The molecule has 0 saturated carbocycles. The van der Waals surface area contributed by atoms with E-state index in [0.717, 1.165) is 83.5 Å². The quantitative estimate of drug-likeness (QED) is 0.0199. The molecule has 3 aliphatic heterocycles. The van der Waals surface area contributed by atoms with Crippen molar-refractivity contribution < 1.29 is 89.4 Å². The van der Waals surface area contributed by atoms with Crippen molar-refractivity contribution in [3.8, 4) is 0 Å². The molecular formula is C80H137NO18. The highest BCUT2D eigenvalue weighted by molar-refractivity contribution is 5.76. The standard InChI is InChI=1S/C80H137NO18/c1-3-5-7-9-11-13-15-17-19-20-21-22-23-24-25-26-27-28-29-30-31-32-33-34-35-36-37-38-39-40-41-42-44-46-48-50-52-54-56-58-68(86)81-63(64(85)57-55-53-51-49-47-45-43-18-16-14-12-10-8-6-4-2)62-94-78-74(92)71(89)76(66(60-83)96-78)99-80-75(93)72(90)77(67(61-84)97-80)98-79-73(91)70(88)69(87)65(59-82)95-79/h5,7,11,13,16-19,21-22,24-25,27-28,47,49,55,57,63-67,69-80,82-85,87-93H,3-4,6,8-10,12,14-15,20,23,26,29-46,48,50-54,56,58-62H2,1-2H3,(H,81,86)/b7-5-,13-11-,18-16+,19-17-,22-21-,25-24-,28-27-,49-47+,57-55+. The molecule has 3 aliphatic rings. The fourth-order valence-corrected chi connectivity index (χ4v) is 12.3. The Hall–Kier alpha value is -3.55. The van der Waals surface area contributed by atoms with Crippen LogP contribution in [-0.2, 0) is 33.2 Å². The lowest BCUT2D eigenvalue weighted by molar-refractivity contribution is -0.379. The number of amides is 1. The number of hydrogen-bond acceptors (Lipinski definition) is 18. The van der Waals surface area contributed by atoms with Crippen molar-refractivity contribution in [2.45, 2.75) is 362 Å². The molecule has 99 heavy (non-hydrogen) atoms. The van der Waals surface area contributed by atoms with Crippen molar-refractivity contribution in [2.24, 2.45) is 0 Å². The van der Waals surface area contributed by atoms with Crippen LogP contribution in [0.15, 0.2) is 109 Å². The van der Waals surface area contributed by atoms with E-state index in [4.69, 9.17) is 28.4 Å². The van der Waals surface area contributed by atoms with Gasteiger partial charge in [0.25, 0.3) is 0 Å². The van der Waals surface area contributed by atoms with Crippen LogP contribution in [-0.4, -0.2) is 193 Å². The van der Waals surface area contributed by atoms with Crippen molar-refractivity contribution in [1.29, 1.82) is 0 Å². The summed E-state index contributed by atoms with van der Waals surface area (Å²) >= 11 is 0. The predicted octanol–water partition coefficient (Wildman–Crippen LogP) is 12.2. The van der Waals surface area contributed by atoms with Gasteiger partial charge in [0.1, 0.15) is 73.2 Å². The average molecular weight is 1400 g/mol. The van der Waals surface area contributed by atoms with Gasteiger partial charge in [0, 0.05) is 6.42 Å². The summed E-state index contributed by atoms with van der Waals surface area (Å²) in [5.41, 5.74) is 0. The lowest BCUT2D eigenvalue weighted by atomic mass is 9.96. The summed E-state index contributed by atoms with van der Waals surface area (Å²) in [4.78, 5) is 13.4. The summed E-state index contributed by atoms with van der Waals surface area (Å²) < 4.78 is 34.3. The number of nitrogens with one attached hydrogen (secondary N) is 1. The third-order valence-electron chi connectivity index (χ3n) is 18.5. The third kappa shape index (κ3) is 40.3. The lowest BCUT2D eigenvalue weighted by Crippen LogP contribution is -2.66. The van der Waals surface area contributed by atoms with Crippen LogP contribution in [0.2, 0.25) is 0 Å². The number of carbonyl (C=O) groups is 1. The molecule has 3 fully saturated rings. The first-order chi connectivity index (χ1) is 48.3. The smallest absolute Gasteiger partial charge is 0.220 e. The Labute approximate surface area is 595 Å². The highest BCUT2D eigenvalue weighted by atomic mass is 16.8. The Morgan fingerprint density at radius 1 is 0.374 bits per heavy atom. The maximum atomic E-state index is 13.4. The van der Waals surface area contributed by atoms with E-state index < -0.39 is 124 Å². The molecule has 17 atom stereocenters. The van der Waals surface area contributed by atoms with Crippen molar-refractivity contribution in [3.05, 3.63) is 109 Å². The maximum absolute atomic E-state index is 13.4. The van der Waals surface area contributed by atoms with E-state index in [0.29, 0.717) is 12.8 Å². The Bertz CT molecular complexity index is 2220. The molecule has 17 unspecified atom stereocenters. The van der Waals surface area contributed by atoms with Gasteiger partial charge in [0.15, 0.2) is 18.9 Å². The van der Waals surface area contributed by atoms with E-state index in [2.05, 4.69) is 116 Å². The molecule has 3 saturated heterocycles. The largest absolute Gasteiger partial charge is 0.394 e. The number of rotatable bonds is 59. The summed E-state index contributed by atoms with van der Waals surface area (Å²) in [6.45, 7) is 1.57. The van der Waals surface area contributed by atoms with Gasteiger partial charge in [0.2, 0.25) is 5.91 Å². The fraction of sp³-hybridized carbons (Fsp3) is 0.762. The van der Waals surface area contributed by atoms with E-state index in [1.165, 1.54) is 141 Å². The zero-order valence-electron chi connectivity index (χ0n) is 60.7. The normalized spacial score (nSPS) is 27.2. The monoisotopic (exact) mass is 1400 g/mol. The summed E-state index contributed by atoms with van der Waals surface area (Å²) in [7, 11) is 0. The van der Waals surface area contributed by atoms with Crippen LogP contribution in [0.1, 0.15) is 258 Å². The van der Waals surface area contributed by atoms with Gasteiger partial charge >= 0.3 is 0 Å². The zero-order chi connectivity index (χ0) is 71.8. The Balaban J connectivity index is 1.32. The topological polar surface area (TPSA) is 307 Å². The van der Waals surface area contributed by atoms with E-state index in [9.17, 15) is 61.0 Å². The molecule has 1 amide bonds. The van der Waals surface area contributed by atoms with Crippen molar-refractivity contribution >= 4 is 5.91 Å². The van der Waals surface area contributed by atoms with E-state index in [-0.39, 0.29) is 18.9 Å². The first-order valence-corrected chi connectivity index (χ1v) is 38.6. The molecule has 3 rings (SSSR count). The molecule has 0 spiro atoms. The van der Waals surface area contributed by atoms with Gasteiger partial charge in [-0.25, -0.2) is 0 Å². The number of aliphatic hydroxyl groups excluding tert-OH is 11. The molecule has 3 heterocycles. The van der Waals surface area contributed by atoms with Crippen molar-refractivity contribution in [2.75, 3.05) is 26.4 Å².